The molecule has 0 radical (unpaired) electrons. The van der Waals surface area contributed by atoms with Gasteiger partial charge in [0.15, 0.2) is 0 Å². The van der Waals surface area contributed by atoms with Crippen molar-refractivity contribution in [1.82, 2.24) is 10.3 Å². The lowest BCUT2D eigenvalue weighted by molar-refractivity contribution is 0.0526. The van der Waals surface area contributed by atoms with Crippen LogP contribution in [0.15, 0.2) is 18.3 Å². The van der Waals surface area contributed by atoms with Crippen LogP contribution in [0, 0.1) is 0 Å². The second-order valence-electron chi connectivity index (χ2n) is 4.21. The van der Waals surface area contributed by atoms with Gasteiger partial charge in [-0.05, 0) is 32.0 Å². The second kappa shape index (κ2) is 6.35. The summed E-state index contributed by atoms with van der Waals surface area (Å²) < 4.78 is 5.00. The number of carbonyl (C=O) groups is 1. The zero-order valence-corrected chi connectivity index (χ0v) is 10.7. The molecule has 1 N–H and O–H groups in total. The van der Waals surface area contributed by atoms with Gasteiger partial charge in [0.1, 0.15) is 5.82 Å². The van der Waals surface area contributed by atoms with Gasteiger partial charge < -0.3 is 15.0 Å². The average molecular weight is 249 g/mol. The van der Waals surface area contributed by atoms with E-state index in [1.807, 2.05) is 6.07 Å². The summed E-state index contributed by atoms with van der Waals surface area (Å²) >= 11 is 0. The van der Waals surface area contributed by atoms with Gasteiger partial charge in [-0.15, -0.1) is 0 Å². The molecule has 1 fully saturated rings. The molecule has 0 atom stereocenters. The molecule has 0 unspecified atom stereocenters. The highest BCUT2D eigenvalue weighted by Gasteiger charge is 2.13. The normalized spacial score (nSPS) is 16.2. The van der Waals surface area contributed by atoms with Gasteiger partial charge in [0.05, 0.1) is 12.2 Å². The van der Waals surface area contributed by atoms with E-state index >= 15 is 0 Å². The molecule has 0 spiro atoms. The second-order valence-corrected chi connectivity index (χ2v) is 4.21. The molecule has 0 aliphatic carbocycles. The first-order valence-electron chi connectivity index (χ1n) is 6.40. The first kappa shape index (κ1) is 12.8. The van der Waals surface area contributed by atoms with E-state index in [4.69, 9.17) is 4.74 Å². The fourth-order valence-corrected chi connectivity index (χ4v) is 2.01. The molecule has 1 aliphatic heterocycles. The summed E-state index contributed by atoms with van der Waals surface area (Å²) in [6.45, 7) is 6.07. The minimum Gasteiger partial charge on any atom is -0.462 e. The van der Waals surface area contributed by atoms with E-state index < -0.39 is 0 Å². The van der Waals surface area contributed by atoms with Crippen LogP contribution in [-0.4, -0.2) is 43.7 Å². The third-order valence-corrected chi connectivity index (χ3v) is 2.92. The summed E-state index contributed by atoms with van der Waals surface area (Å²) in [5.41, 5.74) is 0.569. The zero-order valence-electron chi connectivity index (χ0n) is 10.7. The Morgan fingerprint density at radius 3 is 3.22 bits per heavy atom. The standard InChI is InChI=1S/C13H19N3O2/c1-2-18-13(17)11-4-6-15-12(10-11)16-8-3-5-14-7-9-16/h4,6,10,14H,2-3,5,7-9H2,1H3. The number of hydrogen-bond acceptors (Lipinski definition) is 5. The van der Waals surface area contributed by atoms with Crippen molar-refractivity contribution < 1.29 is 9.53 Å². The van der Waals surface area contributed by atoms with Crippen LogP contribution in [0.1, 0.15) is 23.7 Å². The first-order valence-corrected chi connectivity index (χ1v) is 6.40. The number of nitrogens with zero attached hydrogens (tertiary/aromatic N) is 2. The molecule has 0 amide bonds. The van der Waals surface area contributed by atoms with Crippen molar-refractivity contribution in [3.63, 3.8) is 0 Å². The van der Waals surface area contributed by atoms with Crippen LogP contribution in [-0.2, 0) is 4.74 Å². The third kappa shape index (κ3) is 3.20. The predicted octanol–water partition coefficient (Wildman–Crippen LogP) is 1.06. The lowest BCUT2D eigenvalue weighted by Gasteiger charge is -2.21. The number of ether oxygens (including phenoxy) is 1. The molecule has 2 rings (SSSR count). The number of pyridine rings is 1. The SMILES string of the molecule is CCOC(=O)c1ccnc(N2CCCNCC2)c1. The zero-order chi connectivity index (χ0) is 12.8. The monoisotopic (exact) mass is 249 g/mol. The Morgan fingerprint density at radius 2 is 2.39 bits per heavy atom. The first-order chi connectivity index (χ1) is 8.81. The van der Waals surface area contributed by atoms with Gasteiger partial charge in [-0.2, -0.15) is 0 Å². The maximum atomic E-state index is 11.7. The van der Waals surface area contributed by atoms with Gasteiger partial charge in [0, 0.05) is 25.8 Å². The van der Waals surface area contributed by atoms with Crippen LogP contribution in [0.2, 0.25) is 0 Å². The Hall–Kier alpha value is -1.62. The maximum Gasteiger partial charge on any atom is 0.338 e. The summed E-state index contributed by atoms with van der Waals surface area (Å²) in [6, 6.07) is 3.50. The molecule has 1 saturated heterocycles. The van der Waals surface area contributed by atoms with Crippen molar-refractivity contribution in [2.24, 2.45) is 0 Å². The minimum absolute atomic E-state index is 0.283. The van der Waals surface area contributed by atoms with E-state index in [1.165, 1.54) is 0 Å². The summed E-state index contributed by atoms with van der Waals surface area (Å²) in [5, 5.41) is 3.34. The lowest BCUT2D eigenvalue weighted by atomic mass is 10.2. The molecule has 0 bridgehead atoms. The smallest absolute Gasteiger partial charge is 0.338 e. The van der Waals surface area contributed by atoms with Gasteiger partial charge in [-0.25, -0.2) is 9.78 Å². The predicted molar refractivity (Wildman–Crippen MR) is 69.9 cm³/mol. The molecule has 18 heavy (non-hydrogen) atoms. The van der Waals surface area contributed by atoms with Crippen LogP contribution in [0.3, 0.4) is 0 Å². The van der Waals surface area contributed by atoms with E-state index in [2.05, 4.69) is 15.2 Å². The summed E-state index contributed by atoms with van der Waals surface area (Å²) in [7, 11) is 0. The Kier molecular flexibility index (Phi) is 4.52. The molecule has 98 valence electrons. The van der Waals surface area contributed by atoms with Crippen molar-refractivity contribution in [2.75, 3.05) is 37.7 Å². The topological polar surface area (TPSA) is 54.5 Å². The van der Waals surface area contributed by atoms with Gasteiger partial charge in [-0.3, -0.25) is 0 Å². The summed E-state index contributed by atoms with van der Waals surface area (Å²) in [6.07, 6.45) is 2.76. The van der Waals surface area contributed by atoms with E-state index in [0.717, 1.165) is 38.4 Å². The van der Waals surface area contributed by atoms with Crippen molar-refractivity contribution >= 4 is 11.8 Å². The highest BCUT2D eigenvalue weighted by Crippen LogP contribution is 2.14. The largest absolute Gasteiger partial charge is 0.462 e. The lowest BCUT2D eigenvalue weighted by Crippen LogP contribution is -2.28. The van der Waals surface area contributed by atoms with Crippen molar-refractivity contribution in [1.29, 1.82) is 0 Å². The minimum atomic E-state index is -0.283. The van der Waals surface area contributed by atoms with E-state index in [9.17, 15) is 4.79 Å². The number of carbonyl (C=O) groups excluding carboxylic acids is 1. The molecular weight excluding hydrogens is 230 g/mol. The van der Waals surface area contributed by atoms with Crippen LogP contribution in [0.25, 0.3) is 0 Å². The van der Waals surface area contributed by atoms with Crippen LogP contribution < -0.4 is 10.2 Å². The van der Waals surface area contributed by atoms with E-state index in [0.29, 0.717) is 12.2 Å². The number of hydrogen-bond donors (Lipinski definition) is 1. The fourth-order valence-electron chi connectivity index (χ4n) is 2.01. The summed E-state index contributed by atoms with van der Waals surface area (Å²) in [4.78, 5) is 18.2. The van der Waals surface area contributed by atoms with Crippen LogP contribution in [0.4, 0.5) is 5.82 Å². The fraction of sp³-hybridized carbons (Fsp3) is 0.538. The Balaban J connectivity index is 2.12. The van der Waals surface area contributed by atoms with Crippen LogP contribution >= 0.6 is 0 Å². The number of anilines is 1. The van der Waals surface area contributed by atoms with Crippen LogP contribution in [0.5, 0.6) is 0 Å². The quantitative estimate of drug-likeness (QED) is 0.812. The van der Waals surface area contributed by atoms with Gasteiger partial charge in [0.25, 0.3) is 0 Å². The highest BCUT2D eigenvalue weighted by molar-refractivity contribution is 5.90. The van der Waals surface area contributed by atoms with Gasteiger partial charge in [0.2, 0.25) is 0 Å². The Morgan fingerprint density at radius 1 is 1.50 bits per heavy atom. The average Bonchev–Trinajstić information content (AvgIpc) is 2.68. The van der Waals surface area contributed by atoms with E-state index in [1.54, 1.807) is 19.2 Å². The van der Waals surface area contributed by atoms with Crippen molar-refractivity contribution in [3.8, 4) is 0 Å². The molecule has 1 aromatic rings. The van der Waals surface area contributed by atoms with Gasteiger partial charge >= 0.3 is 5.97 Å². The molecule has 0 aromatic carbocycles. The number of aromatic nitrogens is 1. The molecule has 1 aromatic heterocycles. The van der Waals surface area contributed by atoms with Gasteiger partial charge in [-0.1, -0.05) is 0 Å². The maximum absolute atomic E-state index is 11.7. The van der Waals surface area contributed by atoms with Crippen molar-refractivity contribution in [3.05, 3.63) is 23.9 Å². The van der Waals surface area contributed by atoms with Crippen molar-refractivity contribution in [2.45, 2.75) is 13.3 Å². The summed E-state index contributed by atoms with van der Waals surface area (Å²) in [5.74, 6) is 0.568. The Labute approximate surface area is 107 Å². The highest BCUT2D eigenvalue weighted by atomic mass is 16.5. The molecular formula is C13H19N3O2. The third-order valence-electron chi connectivity index (χ3n) is 2.92. The molecule has 0 saturated carbocycles. The molecule has 2 heterocycles. The number of nitrogens with one attached hydrogen (secondary N) is 1. The van der Waals surface area contributed by atoms with E-state index in [-0.39, 0.29) is 5.97 Å². The Bertz CT molecular complexity index is 401. The molecule has 5 heteroatoms. The number of esters is 1. The number of rotatable bonds is 3. The molecule has 5 nitrogen and oxygen atoms in total. The molecule has 1 aliphatic rings.